The first-order chi connectivity index (χ1) is 14.9. The second-order valence-corrected chi connectivity index (χ2v) is 7.85. The first-order valence-electron chi connectivity index (χ1n) is 10.1. The number of nitrogens with zero attached hydrogens (tertiary/aromatic N) is 2. The zero-order valence-electron chi connectivity index (χ0n) is 16.9. The minimum Gasteiger partial charge on any atom is -0.344 e. The van der Waals surface area contributed by atoms with Crippen molar-refractivity contribution in [3.05, 3.63) is 94.0 Å². The highest BCUT2D eigenvalue weighted by Gasteiger charge is 2.26. The van der Waals surface area contributed by atoms with E-state index in [4.69, 9.17) is 16.6 Å². The molecule has 7 heteroatoms. The van der Waals surface area contributed by atoms with Crippen molar-refractivity contribution in [3.8, 4) is 0 Å². The van der Waals surface area contributed by atoms with Crippen molar-refractivity contribution in [2.24, 2.45) is 0 Å². The predicted molar refractivity (Wildman–Crippen MR) is 118 cm³/mol. The number of aryl methyl sites for hydroxylation is 1. The molecule has 1 N–H and O–H groups in total. The van der Waals surface area contributed by atoms with Crippen molar-refractivity contribution in [1.29, 1.82) is 0 Å². The summed E-state index contributed by atoms with van der Waals surface area (Å²) in [5.41, 5.74) is 3.11. The first kappa shape index (κ1) is 21.0. The van der Waals surface area contributed by atoms with Gasteiger partial charge in [0.05, 0.1) is 33.7 Å². The lowest BCUT2D eigenvalue weighted by molar-refractivity contribution is 0.0938. The number of benzene rings is 2. The van der Waals surface area contributed by atoms with Crippen LogP contribution in [0.2, 0.25) is 5.02 Å². The van der Waals surface area contributed by atoms with Crippen LogP contribution in [-0.2, 0) is 6.42 Å². The monoisotopic (exact) mass is 437 g/mol. The first-order valence-corrected chi connectivity index (χ1v) is 10.4. The maximum Gasteiger partial charge on any atom is 0.259 e. The van der Waals surface area contributed by atoms with Crippen molar-refractivity contribution >= 4 is 29.1 Å². The van der Waals surface area contributed by atoms with Crippen LogP contribution in [0.3, 0.4) is 0 Å². The molecule has 0 saturated heterocycles. The largest absolute Gasteiger partial charge is 0.344 e. The van der Waals surface area contributed by atoms with Crippen LogP contribution in [0, 0.1) is 5.82 Å². The molecule has 3 aromatic rings. The van der Waals surface area contributed by atoms with E-state index in [2.05, 4.69) is 5.32 Å². The molecule has 1 unspecified atom stereocenters. The summed E-state index contributed by atoms with van der Waals surface area (Å²) in [6.07, 6.45) is 1.53. The Labute approximate surface area is 184 Å². The summed E-state index contributed by atoms with van der Waals surface area (Å²) < 4.78 is 13.1. The number of pyridine rings is 1. The van der Waals surface area contributed by atoms with E-state index in [-0.39, 0.29) is 17.9 Å². The normalized spacial score (nSPS) is 14.0. The quantitative estimate of drug-likeness (QED) is 0.627. The lowest BCUT2D eigenvalue weighted by atomic mass is 10.0. The van der Waals surface area contributed by atoms with Crippen molar-refractivity contribution in [1.82, 2.24) is 10.3 Å². The van der Waals surface area contributed by atoms with Gasteiger partial charge >= 0.3 is 0 Å². The van der Waals surface area contributed by atoms with Gasteiger partial charge < -0.3 is 10.2 Å². The van der Waals surface area contributed by atoms with Gasteiger partial charge in [-0.05, 0) is 68.3 Å². The van der Waals surface area contributed by atoms with Gasteiger partial charge in [0.25, 0.3) is 11.8 Å². The maximum absolute atomic E-state index is 13.1. The number of aromatic nitrogens is 1. The standard InChI is InChI=1S/C24H21ClFN3O2/c1-15(27-23(30)16-8-10-17(26)11-9-16)20-12-13-22-21(28-20)7-4-14-29(22)24(31)18-5-2-3-6-19(18)25/h2-3,5-6,8-13,15H,4,7,14H2,1H3,(H,27,30). The van der Waals surface area contributed by atoms with Crippen molar-refractivity contribution in [3.63, 3.8) is 0 Å². The average molecular weight is 438 g/mol. The number of hydrogen-bond donors (Lipinski definition) is 1. The van der Waals surface area contributed by atoms with Crippen LogP contribution in [0.4, 0.5) is 10.1 Å². The molecule has 2 amide bonds. The molecular formula is C24H21ClFN3O2. The lowest BCUT2D eigenvalue weighted by Gasteiger charge is -2.30. The number of halogens is 2. The Hall–Kier alpha value is -3.25. The molecule has 5 nitrogen and oxygen atoms in total. The van der Waals surface area contributed by atoms with Crippen LogP contribution < -0.4 is 10.2 Å². The molecule has 2 aromatic carbocycles. The molecule has 1 atom stereocenters. The Morgan fingerprint density at radius 3 is 2.58 bits per heavy atom. The van der Waals surface area contributed by atoms with Gasteiger partial charge in [-0.3, -0.25) is 14.6 Å². The van der Waals surface area contributed by atoms with Crippen molar-refractivity contribution in [2.75, 3.05) is 11.4 Å². The van der Waals surface area contributed by atoms with Crippen LogP contribution in [0.15, 0.2) is 60.7 Å². The molecule has 0 radical (unpaired) electrons. The Morgan fingerprint density at radius 2 is 1.84 bits per heavy atom. The number of amides is 2. The third kappa shape index (κ3) is 4.44. The molecule has 1 aliphatic heterocycles. The van der Waals surface area contributed by atoms with Crippen LogP contribution in [0.5, 0.6) is 0 Å². The SMILES string of the molecule is CC(NC(=O)c1ccc(F)cc1)c1ccc2c(n1)CCCN2C(=O)c1ccccc1Cl. The second kappa shape index (κ2) is 8.86. The third-order valence-corrected chi connectivity index (χ3v) is 5.63. The van der Waals surface area contributed by atoms with Gasteiger partial charge in [-0.25, -0.2) is 4.39 Å². The Bertz CT molecular complexity index is 1130. The number of nitrogens with one attached hydrogen (secondary N) is 1. The van der Waals surface area contributed by atoms with E-state index in [1.807, 2.05) is 19.1 Å². The second-order valence-electron chi connectivity index (χ2n) is 7.44. The summed E-state index contributed by atoms with van der Waals surface area (Å²) >= 11 is 6.22. The molecule has 31 heavy (non-hydrogen) atoms. The average Bonchev–Trinajstić information content (AvgIpc) is 2.78. The van der Waals surface area contributed by atoms with Gasteiger partial charge in [-0.1, -0.05) is 23.7 Å². The third-order valence-electron chi connectivity index (χ3n) is 5.30. The van der Waals surface area contributed by atoms with Crippen molar-refractivity contribution in [2.45, 2.75) is 25.8 Å². The van der Waals surface area contributed by atoms with Gasteiger partial charge in [0.15, 0.2) is 0 Å². The Morgan fingerprint density at radius 1 is 1.10 bits per heavy atom. The fourth-order valence-electron chi connectivity index (χ4n) is 3.65. The van der Waals surface area contributed by atoms with Gasteiger partial charge in [0.1, 0.15) is 5.82 Å². The van der Waals surface area contributed by atoms with Gasteiger partial charge in [0.2, 0.25) is 0 Å². The van der Waals surface area contributed by atoms with E-state index in [0.29, 0.717) is 28.4 Å². The molecule has 158 valence electrons. The van der Waals surface area contributed by atoms with Crippen LogP contribution in [0.25, 0.3) is 0 Å². The fourth-order valence-corrected chi connectivity index (χ4v) is 3.87. The molecule has 0 spiro atoms. The van der Waals surface area contributed by atoms with Gasteiger partial charge in [0, 0.05) is 12.1 Å². The molecule has 0 bridgehead atoms. The number of rotatable bonds is 4. The topological polar surface area (TPSA) is 62.3 Å². The number of fused-ring (bicyclic) bond motifs is 1. The molecule has 0 aliphatic carbocycles. The number of carbonyl (C=O) groups is 2. The van der Waals surface area contributed by atoms with Gasteiger partial charge in [-0.2, -0.15) is 0 Å². The summed E-state index contributed by atoms with van der Waals surface area (Å²) in [6.45, 7) is 2.43. The number of hydrogen-bond acceptors (Lipinski definition) is 3. The van der Waals surface area contributed by atoms with E-state index in [9.17, 15) is 14.0 Å². The van der Waals surface area contributed by atoms with E-state index >= 15 is 0 Å². The lowest BCUT2D eigenvalue weighted by Crippen LogP contribution is -2.36. The minimum atomic E-state index is -0.392. The van der Waals surface area contributed by atoms with Gasteiger partial charge in [-0.15, -0.1) is 0 Å². The van der Waals surface area contributed by atoms with E-state index in [1.54, 1.807) is 29.2 Å². The number of anilines is 1. The Kier molecular flexibility index (Phi) is 6.00. The summed E-state index contributed by atoms with van der Waals surface area (Å²) in [5.74, 6) is -0.849. The zero-order valence-corrected chi connectivity index (χ0v) is 17.7. The molecule has 1 aromatic heterocycles. The molecule has 0 fully saturated rings. The molecule has 4 rings (SSSR count). The predicted octanol–water partition coefficient (Wildman–Crippen LogP) is 4.96. The minimum absolute atomic E-state index is 0.154. The van der Waals surface area contributed by atoms with Crippen LogP contribution in [0.1, 0.15) is 51.5 Å². The summed E-state index contributed by atoms with van der Waals surface area (Å²) in [4.78, 5) is 31.9. The highest BCUT2D eigenvalue weighted by Crippen LogP contribution is 2.30. The smallest absolute Gasteiger partial charge is 0.259 e. The molecular weight excluding hydrogens is 417 g/mol. The van der Waals surface area contributed by atoms with E-state index in [1.165, 1.54) is 24.3 Å². The van der Waals surface area contributed by atoms with Crippen LogP contribution >= 0.6 is 11.6 Å². The maximum atomic E-state index is 13.1. The number of carbonyl (C=O) groups excluding carboxylic acids is 2. The highest BCUT2D eigenvalue weighted by molar-refractivity contribution is 6.34. The molecule has 2 heterocycles. The molecule has 0 saturated carbocycles. The Balaban J connectivity index is 1.54. The van der Waals surface area contributed by atoms with E-state index < -0.39 is 5.82 Å². The van der Waals surface area contributed by atoms with E-state index in [0.717, 1.165) is 24.2 Å². The summed E-state index contributed by atoms with van der Waals surface area (Å²) in [6, 6.07) is 15.7. The fraction of sp³-hybridized carbons (Fsp3) is 0.208. The summed E-state index contributed by atoms with van der Waals surface area (Å²) in [5, 5.41) is 3.30. The summed E-state index contributed by atoms with van der Waals surface area (Å²) in [7, 11) is 0. The zero-order chi connectivity index (χ0) is 22.0. The highest BCUT2D eigenvalue weighted by atomic mass is 35.5. The van der Waals surface area contributed by atoms with Crippen molar-refractivity contribution < 1.29 is 14.0 Å². The van der Waals surface area contributed by atoms with Crippen LogP contribution in [-0.4, -0.2) is 23.3 Å². The molecule has 1 aliphatic rings.